The number of rotatable bonds is 10. The van der Waals surface area contributed by atoms with Gasteiger partial charge in [-0.15, -0.1) is 12.4 Å². The van der Waals surface area contributed by atoms with Crippen molar-refractivity contribution in [1.82, 2.24) is 43.3 Å². The molecule has 4 N–H and O–H groups in total. The smallest absolute Gasteiger partial charge is 0.356 e. The fraction of sp³-hybridized carbons (Fsp3) is 0.370. The van der Waals surface area contributed by atoms with Crippen LogP contribution in [0.25, 0.3) is 22.2 Å². The third-order valence-electron chi connectivity index (χ3n) is 13.1. The normalized spacial score (nSPS) is 19.3. The lowest BCUT2D eigenvalue weighted by Crippen LogP contribution is -2.51. The predicted octanol–water partition coefficient (Wildman–Crippen LogP) is 7.59. The second-order valence-electron chi connectivity index (χ2n) is 18.8. The van der Waals surface area contributed by atoms with E-state index in [0.717, 1.165) is 60.7 Å². The maximum Gasteiger partial charge on any atom is 0.356 e. The van der Waals surface area contributed by atoms with E-state index in [9.17, 15) is 23.6 Å². The van der Waals surface area contributed by atoms with Crippen molar-refractivity contribution in [3.8, 4) is 5.69 Å². The lowest BCUT2D eigenvalue weighted by Gasteiger charge is -2.23. The number of carbonyl (C=O) groups excluding carboxylic acids is 3. The molecule has 3 atom stereocenters. The molecule has 3 unspecified atom stereocenters. The Bertz CT molecular complexity index is 3120. The number of hydrogen-bond acceptors (Lipinski definition) is 15. The van der Waals surface area contributed by atoms with Crippen LogP contribution >= 0.6 is 24.0 Å². The third kappa shape index (κ3) is 14.3. The van der Waals surface area contributed by atoms with Crippen molar-refractivity contribution in [2.75, 3.05) is 68.9 Å². The van der Waals surface area contributed by atoms with Crippen LogP contribution in [0.3, 0.4) is 0 Å². The van der Waals surface area contributed by atoms with Crippen LogP contribution in [-0.2, 0) is 28.6 Å². The number of nitrogens with one attached hydrogen (secondary N) is 1. The molecule has 0 radical (unpaired) electrons. The van der Waals surface area contributed by atoms with Gasteiger partial charge in [-0.05, 0) is 127 Å². The van der Waals surface area contributed by atoms with Gasteiger partial charge in [0.2, 0.25) is 0 Å². The molecule has 1 aromatic carbocycles. The molecule has 0 aliphatic carbocycles. The monoisotopic (exact) mass is 1100 g/mol. The Balaban J connectivity index is 0.000000159. The van der Waals surface area contributed by atoms with Crippen molar-refractivity contribution in [3.63, 3.8) is 0 Å². The first-order chi connectivity index (χ1) is 36.5. The van der Waals surface area contributed by atoms with Crippen molar-refractivity contribution in [3.05, 3.63) is 145 Å². The number of ether oxygens (including phenoxy) is 3. The molecule has 7 aromatic heterocycles. The number of anilines is 2. The fourth-order valence-electron chi connectivity index (χ4n) is 8.87. The second-order valence-corrected chi connectivity index (χ2v) is 19.1. The summed E-state index contributed by atoms with van der Waals surface area (Å²) in [5.41, 5.74) is 8.16. The number of fused-ring (bicyclic) bond motifs is 3. The summed E-state index contributed by atoms with van der Waals surface area (Å²) in [4.78, 5) is 63.0. The summed E-state index contributed by atoms with van der Waals surface area (Å²) in [6.45, 7) is 15.0. The SMILES string of the molecule is CCOC(=O)C1(C)CCN(c2nccn3cccc23)C1.CCOC(=O)C1(C)CCNC1.CCOC(=O)C1(N)CCN(c2nccn3cccc23)C1.Cl.Clc1nccn2cccc12.O=C(O)c1ccn(-c2ccc(F)cc2)n1. The van der Waals surface area contributed by atoms with E-state index in [4.69, 9.17) is 36.7 Å². The molecule has 410 valence electrons. The molecule has 3 aliphatic heterocycles. The highest BCUT2D eigenvalue weighted by Crippen LogP contribution is 2.35. The van der Waals surface area contributed by atoms with Gasteiger partial charge in [-0.1, -0.05) is 11.6 Å². The number of hydrogen-bond donors (Lipinski definition) is 3. The largest absolute Gasteiger partial charge is 0.476 e. The van der Waals surface area contributed by atoms with Crippen LogP contribution < -0.4 is 20.9 Å². The molecule has 10 heterocycles. The molecule has 0 spiro atoms. The maximum atomic E-state index is 12.6. The number of carbonyl (C=O) groups is 4. The Morgan fingerprint density at radius 1 is 0.662 bits per heavy atom. The van der Waals surface area contributed by atoms with Gasteiger partial charge >= 0.3 is 23.9 Å². The molecule has 0 amide bonds. The Kier molecular flexibility index (Phi) is 20.2. The van der Waals surface area contributed by atoms with Gasteiger partial charge in [0.1, 0.15) is 11.4 Å². The van der Waals surface area contributed by atoms with Gasteiger partial charge in [-0.25, -0.2) is 33.6 Å². The van der Waals surface area contributed by atoms with Crippen LogP contribution in [0.4, 0.5) is 16.0 Å². The van der Waals surface area contributed by atoms with Gasteiger partial charge in [0, 0.05) is 94.7 Å². The number of nitrogens with zero attached hydrogens (tertiary/aromatic N) is 10. The van der Waals surface area contributed by atoms with Crippen LogP contribution in [0.5, 0.6) is 0 Å². The molecule has 0 bridgehead atoms. The second kappa shape index (κ2) is 26.5. The van der Waals surface area contributed by atoms with E-state index in [1.165, 1.54) is 41.2 Å². The van der Waals surface area contributed by atoms with Gasteiger partial charge < -0.3 is 53.4 Å². The van der Waals surface area contributed by atoms with E-state index in [1.807, 2.05) is 119 Å². The number of aromatic nitrogens is 8. The molecular weight excluding hydrogens is 1030 g/mol. The summed E-state index contributed by atoms with van der Waals surface area (Å²) < 4.78 is 35.2. The first-order valence-electron chi connectivity index (χ1n) is 25.0. The number of benzene rings is 1. The zero-order chi connectivity index (χ0) is 54.5. The number of nitrogens with two attached hydrogens (primary N) is 1. The van der Waals surface area contributed by atoms with E-state index in [2.05, 4.69) is 30.3 Å². The molecule has 8 aromatic rings. The number of halogens is 3. The standard InChI is InChI=1S/C15H19N3O2.C14H18N4O2.C10H7FN2O2.C8H15NO2.C7H5ClN2.ClH/c1-3-20-14(19)15(2)6-9-18(11-15)13-12-5-4-8-17(12)10-7-16-13;1-2-20-13(19)14(15)5-8-18(10-14)12-11-4-3-7-17(11)9-6-16-12;11-7-1-3-8(4-2-7)13-6-5-9(12-13)10(14)15;1-3-11-7(10)8(2)4-5-9-6-8;8-7-6-2-1-4-10(6)5-3-9-7;/h4-5,7-8,10H,3,6,9,11H2,1-2H3;3-4,6-7,9H,2,5,8,10,15H2,1H3;1-6H,(H,14,15);9H,3-6H2,1-2H3;1-5H;1H. The average molecular weight is 1100 g/mol. The van der Waals surface area contributed by atoms with E-state index in [-0.39, 0.29) is 47.2 Å². The van der Waals surface area contributed by atoms with Gasteiger partial charge in [0.05, 0.1) is 52.9 Å². The van der Waals surface area contributed by atoms with Gasteiger partial charge in [0.15, 0.2) is 22.5 Å². The molecular formula is C54H65Cl2FN12O8. The summed E-state index contributed by atoms with van der Waals surface area (Å²) in [6.07, 6.45) is 20.6. The van der Waals surface area contributed by atoms with Crippen molar-refractivity contribution in [2.24, 2.45) is 16.6 Å². The quantitative estimate of drug-likeness (QED) is 0.0885. The zero-order valence-corrected chi connectivity index (χ0v) is 45.2. The fourth-order valence-corrected chi connectivity index (χ4v) is 9.09. The van der Waals surface area contributed by atoms with Crippen molar-refractivity contribution < 1.29 is 42.9 Å². The first-order valence-corrected chi connectivity index (χ1v) is 25.4. The summed E-state index contributed by atoms with van der Waals surface area (Å²) in [5, 5.41) is 16.2. The number of aromatic carboxylic acids is 1. The van der Waals surface area contributed by atoms with E-state index < -0.39 is 16.9 Å². The van der Waals surface area contributed by atoms with Crippen LogP contribution in [0, 0.1) is 16.6 Å². The summed E-state index contributed by atoms with van der Waals surface area (Å²) in [7, 11) is 0. The Morgan fingerprint density at radius 2 is 1.17 bits per heavy atom. The number of carboxylic acid groups (broad SMARTS) is 1. The molecule has 11 rings (SSSR count). The summed E-state index contributed by atoms with van der Waals surface area (Å²) >= 11 is 5.77. The van der Waals surface area contributed by atoms with Crippen LogP contribution in [0.2, 0.25) is 5.15 Å². The topological polar surface area (TPSA) is 230 Å². The minimum absolute atomic E-state index is 0. The van der Waals surface area contributed by atoms with Gasteiger partial charge in [-0.2, -0.15) is 5.10 Å². The number of esters is 3. The van der Waals surface area contributed by atoms with Gasteiger partial charge in [-0.3, -0.25) is 9.59 Å². The molecule has 3 saturated heterocycles. The Hall–Kier alpha value is -7.59. The van der Waals surface area contributed by atoms with Crippen molar-refractivity contribution >= 4 is 76.1 Å². The highest BCUT2D eigenvalue weighted by Gasteiger charge is 2.44. The average Bonchev–Trinajstić information content (AvgIpc) is 4.29. The lowest BCUT2D eigenvalue weighted by atomic mass is 9.90. The Morgan fingerprint density at radius 3 is 1.69 bits per heavy atom. The van der Waals surface area contributed by atoms with Crippen LogP contribution in [0.15, 0.2) is 129 Å². The third-order valence-corrected chi connectivity index (χ3v) is 13.4. The Labute approximate surface area is 456 Å². The van der Waals surface area contributed by atoms with E-state index >= 15 is 0 Å². The van der Waals surface area contributed by atoms with E-state index in [0.29, 0.717) is 56.7 Å². The molecule has 20 nitrogen and oxygen atoms in total. The van der Waals surface area contributed by atoms with Crippen molar-refractivity contribution in [1.29, 1.82) is 0 Å². The van der Waals surface area contributed by atoms with Crippen molar-refractivity contribution in [2.45, 2.75) is 59.4 Å². The maximum absolute atomic E-state index is 12.6. The predicted molar refractivity (Wildman–Crippen MR) is 292 cm³/mol. The molecule has 77 heavy (non-hydrogen) atoms. The van der Waals surface area contributed by atoms with E-state index in [1.54, 1.807) is 25.5 Å². The minimum Gasteiger partial charge on any atom is -0.476 e. The zero-order valence-electron chi connectivity index (χ0n) is 43.6. The lowest BCUT2D eigenvalue weighted by molar-refractivity contribution is -0.154. The van der Waals surface area contributed by atoms with Crippen LogP contribution in [-0.4, -0.2) is 132 Å². The molecule has 3 fully saturated rings. The summed E-state index contributed by atoms with van der Waals surface area (Å²) in [6, 6.07) is 18.9. The first kappa shape index (κ1) is 58.7. The highest BCUT2D eigenvalue weighted by molar-refractivity contribution is 6.32. The summed E-state index contributed by atoms with van der Waals surface area (Å²) in [5.74, 6) is -0.139. The van der Waals surface area contributed by atoms with Crippen LogP contribution in [0.1, 0.15) is 64.4 Å². The highest BCUT2D eigenvalue weighted by atomic mass is 35.5. The molecule has 23 heteroatoms. The number of carboxylic acids is 1. The molecule has 0 saturated carbocycles. The molecule has 3 aliphatic rings. The van der Waals surface area contributed by atoms with Gasteiger partial charge in [0.25, 0.3) is 0 Å². The minimum atomic E-state index is -1.09.